The molecule has 0 saturated heterocycles. The molecule has 12 heavy (non-hydrogen) atoms. The first-order chi connectivity index (χ1) is 5.83. The monoisotopic (exact) mass is 169 g/mol. The van der Waals surface area contributed by atoms with Crippen LogP contribution in [0.5, 0.6) is 0 Å². The van der Waals surface area contributed by atoms with Gasteiger partial charge in [-0.3, -0.25) is 4.79 Å². The Balaban J connectivity index is 2.58. The highest BCUT2D eigenvalue weighted by molar-refractivity contribution is 6.38. The second kappa shape index (κ2) is 3.90. The predicted octanol–water partition coefficient (Wildman–Crippen LogP) is 0.882. The molecule has 0 bridgehead atoms. The number of rotatable bonds is 5. The minimum absolute atomic E-state index is 0.334. The number of aliphatic imine (C=N–C) groups is 1. The molecule has 0 atom stereocenters. The van der Waals surface area contributed by atoms with Crippen LogP contribution in [0.15, 0.2) is 16.6 Å². The van der Waals surface area contributed by atoms with E-state index in [1.807, 2.05) is 13.8 Å². The summed E-state index contributed by atoms with van der Waals surface area (Å²) in [5, 5.41) is 0. The zero-order valence-corrected chi connectivity index (χ0v) is 7.16. The van der Waals surface area contributed by atoms with Crippen molar-refractivity contribution >= 4 is 12.0 Å². The Morgan fingerprint density at radius 3 is 2.50 bits per heavy atom. The van der Waals surface area contributed by atoms with E-state index in [1.54, 1.807) is 0 Å². The Hall–Kier alpha value is -1.32. The van der Waals surface area contributed by atoms with E-state index in [-0.39, 0.29) is 0 Å². The van der Waals surface area contributed by atoms with E-state index >= 15 is 0 Å². The zero-order chi connectivity index (χ0) is 8.97. The second-order valence-corrected chi connectivity index (χ2v) is 2.12. The molecule has 1 aliphatic rings. The van der Waals surface area contributed by atoms with Crippen LogP contribution in [0.4, 0.5) is 0 Å². The lowest BCUT2D eigenvalue weighted by Crippen LogP contribution is -2.20. The molecule has 0 aromatic carbocycles. The van der Waals surface area contributed by atoms with Gasteiger partial charge in [0, 0.05) is 0 Å². The van der Waals surface area contributed by atoms with E-state index in [4.69, 9.17) is 9.47 Å². The minimum atomic E-state index is 0.334. The molecule has 1 aliphatic heterocycles. The molecule has 4 heteroatoms. The van der Waals surface area contributed by atoms with Crippen LogP contribution in [0.3, 0.4) is 0 Å². The maximum absolute atomic E-state index is 10.3. The van der Waals surface area contributed by atoms with E-state index in [9.17, 15) is 4.79 Å². The summed E-state index contributed by atoms with van der Waals surface area (Å²) in [5.74, 6) is 0.913. The summed E-state index contributed by atoms with van der Waals surface area (Å²) >= 11 is 0. The van der Waals surface area contributed by atoms with E-state index in [1.165, 1.54) is 0 Å². The molecule has 0 unspecified atom stereocenters. The Morgan fingerprint density at radius 1 is 1.33 bits per heavy atom. The Morgan fingerprint density at radius 2 is 2.00 bits per heavy atom. The van der Waals surface area contributed by atoms with Crippen LogP contribution in [0.25, 0.3) is 0 Å². The van der Waals surface area contributed by atoms with Crippen LogP contribution in [-0.2, 0) is 14.3 Å². The first kappa shape index (κ1) is 8.77. The largest absolute Gasteiger partial charge is 0.487 e. The molecule has 0 N–H and O–H groups in total. The Kier molecular flexibility index (Phi) is 2.85. The number of ether oxygens (including phenoxy) is 2. The zero-order valence-electron chi connectivity index (χ0n) is 7.16. The smallest absolute Gasteiger partial charge is 0.260 e. The number of hydrogen-bond acceptors (Lipinski definition) is 4. The van der Waals surface area contributed by atoms with Gasteiger partial charge in [-0.2, -0.15) is 0 Å². The van der Waals surface area contributed by atoms with Crippen molar-refractivity contribution < 1.29 is 14.3 Å². The SMILES string of the molecule is CCOC1=C(OCC)C(C=O)=N1. The van der Waals surface area contributed by atoms with Crippen LogP contribution in [0, 0.1) is 0 Å². The molecule has 0 aromatic rings. The van der Waals surface area contributed by atoms with Gasteiger partial charge >= 0.3 is 0 Å². The summed E-state index contributed by atoms with van der Waals surface area (Å²) in [4.78, 5) is 14.1. The van der Waals surface area contributed by atoms with Gasteiger partial charge in [0.15, 0.2) is 12.0 Å². The molecule has 0 aliphatic carbocycles. The molecule has 0 aromatic heterocycles. The minimum Gasteiger partial charge on any atom is -0.487 e. The van der Waals surface area contributed by atoms with Gasteiger partial charge in [0.05, 0.1) is 13.2 Å². The second-order valence-electron chi connectivity index (χ2n) is 2.12. The van der Waals surface area contributed by atoms with E-state index in [0.717, 1.165) is 0 Å². The van der Waals surface area contributed by atoms with Gasteiger partial charge in [0.1, 0.15) is 0 Å². The predicted molar refractivity (Wildman–Crippen MR) is 43.8 cm³/mol. The third-order valence-electron chi connectivity index (χ3n) is 1.33. The van der Waals surface area contributed by atoms with Crippen LogP contribution in [0.1, 0.15) is 13.8 Å². The summed E-state index contributed by atoms with van der Waals surface area (Å²) in [6.45, 7) is 4.74. The average molecular weight is 169 g/mol. The topological polar surface area (TPSA) is 47.9 Å². The standard InChI is InChI=1S/C8H11NO3/c1-3-11-7-6(5-10)9-8(7)12-4-2/h5H,3-4H2,1-2H3. The first-order valence-corrected chi connectivity index (χ1v) is 3.87. The Labute approximate surface area is 70.9 Å². The van der Waals surface area contributed by atoms with Gasteiger partial charge in [-0.25, -0.2) is 4.99 Å². The lowest BCUT2D eigenvalue weighted by Gasteiger charge is -2.18. The average Bonchev–Trinajstić information content (AvgIpc) is 2.07. The summed E-state index contributed by atoms with van der Waals surface area (Å²) in [7, 11) is 0. The van der Waals surface area contributed by atoms with Crippen molar-refractivity contribution in [2.75, 3.05) is 13.2 Å². The molecule has 0 spiro atoms. The van der Waals surface area contributed by atoms with Crippen molar-refractivity contribution in [2.24, 2.45) is 4.99 Å². The van der Waals surface area contributed by atoms with Gasteiger partial charge in [-0.05, 0) is 13.8 Å². The summed E-state index contributed by atoms with van der Waals surface area (Å²) < 4.78 is 10.2. The number of aldehydes is 1. The van der Waals surface area contributed by atoms with Crippen LogP contribution in [0.2, 0.25) is 0 Å². The quantitative estimate of drug-likeness (QED) is 0.574. The van der Waals surface area contributed by atoms with Crippen molar-refractivity contribution in [1.29, 1.82) is 0 Å². The maximum Gasteiger partial charge on any atom is 0.260 e. The van der Waals surface area contributed by atoms with E-state index < -0.39 is 0 Å². The van der Waals surface area contributed by atoms with Crippen LogP contribution < -0.4 is 0 Å². The molecular formula is C8H11NO3. The van der Waals surface area contributed by atoms with Gasteiger partial charge in [-0.15, -0.1) is 0 Å². The summed E-state index contributed by atoms with van der Waals surface area (Å²) in [6, 6.07) is 0. The number of allylic oxidation sites excluding steroid dienone is 1. The molecular weight excluding hydrogens is 158 g/mol. The summed E-state index contributed by atoms with van der Waals surface area (Å²) in [6.07, 6.45) is 0.660. The van der Waals surface area contributed by atoms with Crippen molar-refractivity contribution in [3.63, 3.8) is 0 Å². The molecule has 0 amide bonds. The molecule has 1 heterocycles. The van der Waals surface area contributed by atoms with Crippen molar-refractivity contribution in [1.82, 2.24) is 0 Å². The molecule has 0 saturated carbocycles. The van der Waals surface area contributed by atoms with Crippen molar-refractivity contribution in [3.8, 4) is 0 Å². The molecule has 0 fully saturated rings. The fourth-order valence-electron chi connectivity index (χ4n) is 0.862. The normalized spacial score (nSPS) is 15.0. The van der Waals surface area contributed by atoms with Gasteiger partial charge in [0.2, 0.25) is 5.76 Å². The number of carbonyl (C=O) groups is 1. The van der Waals surface area contributed by atoms with E-state index in [2.05, 4.69) is 4.99 Å². The van der Waals surface area contributed by atoms with Crippen LogP contribution in [-0.4, -0.2) is 25.2 Å². The van der Waals surface area contributed by atoms with Gasteiger partial charge in [-0.1, -0.05) is 0 Å². The number of nitrogens with zero attached hydrogens (tertiary/aromatic N) is 1. The molecule has 1 rings (SSSR count). The fourth-order valence-corrected chi connectivity index (χ4v) is 0.862. The highest BCUT2D eigenvalue weighted by Crippen LogP contribution is 2.20. The fraction of sp³-hybridized carbons (Fsp3) is 0.500. The van der Waals surface area contributed by atoms with E-state index in [0.29, 0.717) is 36.9 Å². The lowest BCUT2D eigenvalue weighted by atomic mass is 10.2. The maximum atomic E-state index is 10.3. The van der Waals surface area contributed by atoms with Crippen molar-refractivity contribution in [2.45, 2.75) is 13.8 Å². The third kappa shape index (κ3) is 1.47. The number of hydrogen-bond donors (Lipinski definition) is 0. The van der Waals surface area contributed by atoms with Crippen LogP contribution >= 0.6 is 0 Å². The van der Waals surface area contributed by atoms with Crippen molar-refractivity contribution in [3.05, 3.63) is 11.6 Å². The molecule has 66 valence electrons. The molecule has 0 radical (unpaired) electrons. The Bertz CT molecular complexity index is 243. The number of carbonyl (C=O) groups excluding carboxylic acids is 1. The summed E-state index contributed by atoms with van der Waals surface area (Å²) in [5.41, 5.74) is 0.334. The third-order valence-corrected chi connectivity index (χ3v) is 1.33. The van der Waals surface area contributed by atoms with Gasteiger partial charge < -0.3 is 9.47 Å². The lowest BCUT2D eigenvalue weighted by molar-refractivity contribution is -0.102. The molecule has 4 nitrogen and oxygen atoms in total. The highest BCUT2D eigenvalue weighted by Gasteiger charge is 2.24. The first-order valence-electron chi connectivity index (χ1n) is 3.87. The van der Waals surface area contributed by atoms with Gasteiger partial charge in [0.25, 0.3) is 5.88 Å². The highest BCUT2D eigenvalue weighted by atomic mass is 16.5.